The minimum absolute atomic E-state index is 0.108. The van der Waals surface area contributed by atoms with E-state index in [1.807, 2.05) is 13.8 Å². The Balaban J connectivity index is 2.13. The van der Waals surface area contributed by atoms with E-state index in [4.69, 9.17) is 4.74 Å². The molecule has 1 aliphatic heterocycles. The smallest absolute Gasteiger partial charge is 0.328 e. The van der Waals surface area contributed by atoms with E-state index in [1.165, 1.54) is 42.6 Å². The van der Waals surface area contributed by atoms with E-state index in [0.717, 1.165) is 0 Å². The van der Waals surface area contributed by atoms with E-state index in [-0.39, 0.29) is 35.8 Å². The Morgan fingerprint density at radius 2 is 1.73 bits per heavy atom. The van der Waals surface area contributed by atoms with Crippen molar-refractivity contribution in [1.29, 1.82) is 0 Å². The molecule has 0 bridgehead atoms. The van der Waals surface area contributed by atoms with Gasteiger partial charge in [-0.1, -0.05) is 0 Å². The van der Waals surface area contributed by atoms with Crippen LogP contribution in [-0.2, 0) is 24.3 Å². The lowest BCUT2D eigenvalue weighted by molar-refractivity contribution is -0.142. The predicted octanol–water partition coefficient (Wildman–Crippen LogP) is 0.776. The summed E-state index contributed by atoms with van der Waals surface area (Å²) >= 11 is 0. The van der Waals surface area contributed by atoms with Crippen LogP contribution in [0, 0.1) is 0 Å². The summed E-state index contributed by atoms with van der Waals surface area (Å²) in [6.07, 6.45) is -0.364. The van der Waals surface area contributed by atoms with Gasteiger partial charge in [0.15, 0.2) is 0 Å². The summed E-state index contributed by atoms with van der Waals surface area (Å²) in [4.78, 5) is 23.6. The highest BCUT2D eigenvalue weighted by Crippen LogP contribution is 2.21. The summed E-state index contributed by atoms with van der Waals surface area (Å²) in [6, 6.07) is 4.81. The molecule has 3 unspecified atom stereocenters. The fourth-order valence-electron chi connectivity index (χ4n) is 2.77. The predicted molar refractivity (Wildman–Crippen MR) is 94.2 cm³/mol. The molecular formula is C17H24N2O6S. The second-order valence-electron chi connectivity index (χ2n) is 6.32. The van der Waals surface area contributed by atoms with Crippen molar-refractivity contribution >= 4 is 21.9 Å². The lowest BCUT2D eigenvalue weighted by atomic mass is 10.2. The number of benzene rings is 1. The van der Waals surface area contributed by atoms with Gasteiger partial charge in [0.05, 0.1) is 24.2 Å². The zero-order valence-electron chi connectivity index (χ0n) is 15.3. The number of nitrogens with zero attached hydrogens (tertiary/aromatic N) is 1. The molecule has 1 saturated heterocycles. The molecule has 1 aromatic carbocycles. The van der Waals surface area contributed by atoms with Crippen LogP contribution in [0.3, 0.4) is 0 Å². The molecule has 3 atom stereocenters. The number of nitrogens with one attached hydrogen (secondary N) is 1. The van der Waals surface area contributed by atoms with Crippen molar-refractivity contribution in [3.63, 3.8) is 0 Å². The van der Waals surface area contributed by atoms with Crippen molar-refractivity contribution in [2.45, 2.75) is 43.9 Å². The van der Waals surface area contributed by atoms with E-state index in [1.54, 1.807) is 0 Å². The number of sulfonamides is 1. The summed E-state index contributed by atoms with van der Waals surface area (Å²) in [6.45, 7) is 5.72. The molecule has 0 aromatic heterocycles. The SMILES string of the molecule is COC(=O)C(C)NC(=O)c1ccc(S(=O)(=O)N2CC(C)OC(C)C2)cc1. The van der Waals surface area contributed by atoms with Gasteiger partial charge in [-0.15, -0.1) is 0 Å². The number of amides is 1. The topological polar surface area (TPSA) is 102 Å². The van der Waals surface area contributed by atoms with E-state index in [2.05, 4.69) is 10.1 Å². The van der Waals surface area contributed by atoms with Gasteiger partial charge >= 0.3 is 5.97 Å². The van der Waals surface area contributed by atoms with Crippen LogP contribution >= 0.6 is 0 Å². The van der Waals surface area contributed by atoms with Crippen molar-refractivity contribution in [1.82, 2.24) is 9.62 Å². The number of methoxy groups -OCH3 is 1. The zero-order valence-corrected chi connectivity index (χ0v) is 16.1. The van der Waals surface area contributed by atoms with Gasteiger partial charge in [-0.3, -0.25) is 4.79 Å². The molecule has 0 spiro atoms. The molecule has 144 valence electrons. The lowest BCUT2D eigenvalue weighted by Crippen LogP contribution is -2.48. The monoisotopic (exact) mass is 384 g/mol. The number of carbonyl (C=O) groups excluding carboxylic acids is 2. The van der Waals surface area contributed by atoms with Crippen LogP contribution in [0.2, 0.25) is 0 Å². The van der Waals surface area contributed by atoms with Crippen LogP contribution in [-0.4, -0.2) is 63.0 Å². The molecule has 2 rings (SSSR count). The highest BCUT2D eigenvalue weighted by atomic mass is 32.2. The van der Waals surface area contributed by atoms with Crippen LogP contribution in [0.4, 0.5) is 0 Å². The summed E-state index contributed by atoms with van der Waals surface area (Å²) in [7, 11) is -2.43. The number of esters is 1. The van der Waals surface area contributed by atoms with Gasteiger partial charge in [0.25, 0.3) is 5.91 Å². The summed E-state index contributed by atoms with van der Waals surface area (Å²) in [5.74, 6) is -1.05. The van der Waals surface area contributed by atoms with Crippen molar-refractivity contribution in [2.24, 2.45) is 0 Å². The van der Waals surface area contributed by atoms with E-state index < -0.39 is 27.9 Å². The summed E-state index contributed by atoms with van der Waals surface area (Å²) in [5.41, 5.74) is 0.253. The number of hydrogen-bond acceptors (Lipinski definition) is 6. The van der Waals surface area contributed by atoms with E-state index >= 15 is 0 Å². The minimum atomic E-state index is -3.66. The fraction of sp³-hybridized carbons (Fsp3) is 0.529. The van der Waals surface area contributed by atoms with Crippen LogP contribution in [0.5, 0.6) is 0 Å². The Kier molecular flexibility index (Phi) is 6.38. The number of rotatable bonds is 5. The Morgan fingerprint density at radius 3 is 2.23 bits per heavy atom. The van der Waals surface area contributed by atoms with E-state index in [9.17, 15) is 18.0 Å². The van der Waals surface area contributed by atoms with Gasteiger partial charge in [0.2, 0.25) is 10.0 Å². The van der Waals surface area contributed by atoms with Crippen LogP contribution in [0.1, 0.15) is 31.1 Å². The first-order chi connectivity index (χ1) is 12.1. The molecule has 26 heavy (non-hydrogen) atoms. The average Bonchev–Trinajstić information content (AvgIpc) is 2.60. The fourth-order valence-corrected chi connectivity index (χ4v) is 4.36. The van der Waals surface area contributed by atoms with Crippen molar-refractivity contribution < 1.29 is 27.5 Å². The zero-order chi connectivity index (χ0) is 19.5. The first-order valence-corrected chi connectivity index (χ1v) is 9.73. The maximum atomic E-state index is 12.8. The van der Waals surface area contributed by atoms with Gasteiger partial charge in [-0.2, -0.15) is 4.31 Å². The normalized spacial score (nSPS) is 22.5. The highest BCUT2D eigenvalue weighted by Gasteiger charge is 2.32. The molecular weight excluding hydrogens is 360 g/mol. The van der Waals surface area contributed by atoms with Crippen molar-refractivity contribution in [3.8, 4) is 0 Å². The number of carbonyl (C=O) groups is 2. The summed E-state index contributed by atoms with van der Waals surface area (Å²) < 4.78 is 37.1. The van der Waals surface area contributed by atoms with Crippen molar-refractivity contribution in [3.05, 3.63) is 29.8 Å². The van der Waals surface area contributed by atoms with Crippen LogP contribution in [0.25, 0.3) is 0 Å². The average molecular weight is 384 g/mol. The molecule has 1 N–H and O–H groups in total. The standard InChI is InChI=1S/C17H24N2O6S/c1-11-9-19(10-12(2)25-11)26(22,23)15-7-5-14(6-8-15)16(20)18-13(3)17(21)24-4/h5-8,11-13H,9-10H2,1-4H3,(H,18,20). The molecule has 0 aliphatic carbocycles. The Labute approximate surface area is 153 Å². The third-order valence-corrected chi connectivity index (χ3v) is 5.89. The Hall–Kier alpha value is -1.97. The third kappa shape index (κ3) is 4.60. The first-order valence-electron chi connectivity index (χ1n) is 8.29. The van der Waals surface area contributed by atoms with Crippen LogP contribution in [0.15, 0.2) is 29.2 Å². The van der Waals surface area contributed by atoms with Gasteiger partial charge < -0.3 is 14.8 Å². The molecule has 1 fully saturated rings. The van der Waals surface area contributed by atoms with Gasteiger partial charge in [-0.05, 0) is 45.0 Å². The second kappa shape index (κ2) is 8.15. The molecule has 9 heteroatoms. The van der Waals surface area contributed by atoms with Crippen LogP contribution < -0.4 is 5.32 Å². The molecule has 8 nitrogen and oxygen atoms in total. The molecule has 0 saturated carbocycles. The maximum Gasteiger partial charge on any atom is 0.328 e. The number of ether oxygens (including phenoxy) is 2. The molecule has 1 amide bonds. The third-order valence-electron chi connectivity index (χ3n) is 4.04. The number of hydrogen-bond donors (Lipinski definition) is 1. The lowest BCUT2D eigenvalue weighted by Gasteiger charge is -2.34. The molecule has 1 aliphatic rings. The second-order valence-corrected chi connectivity index (χ2v) is 8.26. The highest BCUT2D eigenvalue weighted by molar-refractivity contribution is 7.89. The quantitative estimate of drug-likeness (QED) is 0.753. The van der Waals surface area contributed by atoms with Gasteiger partial charge in [0, 0.05) is 18.7 Å². The van der Waals surface area contributed by atoms with Crippen molar-refractivity contribution in [2.75, 3.05) is 20.2 Å². The number of morpholine rings is 1. The van der Waals surface area contributed by atoms with Gasteiger partial charge in [0.1, 0.15) is 6.04 Å². The van der Waals surface area contributed by atoms with E-state index in [0.29, 0.717) is 0 Å². The maximum absolute atomic E-state index is 12.8. The Bertz CT molecular complexity index is 752. The Morgan fingerprint density at radius 1 is 1.19 bits per heavy atom. The van der Waals surface area contributed by atoms with Gasteiger partial charge in [-0.25, -0.2) is 13.2 Å². The first kappa shape index (κ1) is 20.3. The largest absolute Gasteiger partial charge is 0.467 e. The molecule has 1 aromatic rings. The minimum Gasteiger partial charge on any atom is -0.467 e. The molecule has 1 heterocycles. The molecule has 0 radical (unpaired) electrons. The summed E-state index contributed by atoms with van der Waals surface area (Å²) in [5, 5.41) is 2.49.